The van der Waals surface area contributed by atoms with Gasteiger partial charge in [0.1, 0.15) is 23.7 Å². The van der Waals surface area contributed by atoms with Gasteiger partial charge in [0.25, 0.3) is 16.1 Å². The summed E-state index contributed by atoms with van der Waals surface area (Å²) in [6.45, 7) is 3.80. The fraction of sp³-hybridized carbons (Fsp3) is 0.562. The summed E-state index contributed by atoms with van der Waals surface area (Å²) in [4.78, 5) is 11.6. The number of hydroxylamine groups is 1. The van der Waals surface area contributed by atoms with Crippen molar-refractivity contribution < 1.29 is 27.5 Å². The molecule has 26 heavy (non-hydrogen) atoms. The van der Waals surface area contributed by atoms with Crippen LogP contribution in [0.25, 0.3) is 0 Å². The number of amides is 1. The van der Waals surface area contributed by atoms with Crippen LogP contribution in [0.15, 0.2) is 24.3 Å². The van der Waals surface area contributed by atoms with Crippen LogP contribution in [0, 0.1) is 11.7 Å². The molecule has 8 nitrogen and oxygen atoms in total. The Morgan fingerprint density at radius 2 is 1.85 bits per heavy atom. The maximum Gasteiger partial charge on any atom is 0.280 e. The van der Waals surface area contributed by atoms with Gasteiger partial charge in [-0.25, -0.2) is 9.87 Å². The van der Waals surface area contributed by atoms with E-state index in [2.05, 4.69) is 4.72 Å². The second-order valence-electron chi connectivity index (χ2n) is 6.49. The van der Waals surface area contributed by atoms with Crippen molar-refractivity contribution in [2.75, 3.05) is 13.1 Å². The van der Waals surface area contributed by atoms with Crippen molar-refractivity contribution in [3.05, 3.63) is 30.1 Å². The number of benzene rings is 1. The summed E-state index contributed by atoms with van der Waals surface area (Å²) in [6, 6.07) is 4.59. The van der Waals surface area contributed by atoms with E-state index in [1.54, 1.807) is 13.8 Å². The number of nitrogens with zero attached hydrogens (tertiary/aromatic N) is 1. The maximum absolute atomic E-state index is 12.9. The van der Waals surface area contributed by atoms with Crippen LogP contribution in [0.3, 0.4) is 0 Å². The summed E-state index contributed by atoms with van der Waals surface area (Å²) < 4.78 is 47.2. The number of ether oxygens (including phenoxy) is 1. The monoisotopic (exact) mass is 389 g/mol. The summed E-state index contributed by atoms with van der Waals surface area (Å²) in [5.74, 6) is -0.962. The third-order valence-electron chi connectivity index (χ3n) is 4.19. The van der Waals surface area contributed by atoms with Gasteiger partial charge in [0, 0.05) is 13.1 Å². The van der Waals surface area contributed by atoms with Crippen molar-refractivity contribution in [2.45, 2.75) is 38.8 Å². The Balaban J connectivity index is 1.92. The van der Waals surface area contributed by atoms with Crippen LogP contribution < -0.4 is 14.9 Å². The molecule has 1 saturated heterocycles. The first-order valence-electron chi connectivity index (χ1n) is 8.36. The molecule has 1 aromatic rings. The van der Waals surface area contributed by atoms with Crippen LogP contribution in [0.4, 0.5) is 4.39 Å². The molecular formula is C16H24FN3O5S. The van der Waals surface area contributed by atoms with Crippen LogP contribution in [0.2, 0.25) is 0 Å². The molecule has 10 heteroatoms. The number of hydrogen-bond donors (Lipinski definition) is 3. The second kappa shape index (κ2) is 8.76. The van der Waals surface area contributed by atoms with Gasteiger partial charge >= 0.3 is 0 Å². The average Bonchev–Trinajstić information content (AvgIpc) is 2.61. The fourth-order valence-corrected chi connectivity index (χ4v) is 4.23. The molecule has 146 valence electrons. The van der Waals surface area contributed by atoms with Crippen molar-refractivity contribution in [1.29, 1.82) is 0 Å². The first-order valence-corrected chi connectivity index (χ1v) is 9.80. The van der Waals surface area contributed by atoms with E-state index in [1.807, 2.05) is 0 Å². The topological polar surface area (TPSA) is 108 Å². The van der Waals surface area contributed by atoms with E-state index in [4.69, 9.17) is 9.94 Å². The minimum absolute atomic E-state index is 0.173. The first-order chi connectivity index (χ1) is 12.2. The summed E-state index contributed by atoms with van der Waals surface area (Å²) in [5.41, 5.74) is 1.48. The number of carbonyl (C=O) groups excluding carboxylic acids is 1. The Hall–Kier alpha value is -1.75. The van der Waals surface area contributed by atoms with Gasteiger partial charge in [0.2, 0.25) is 0 Å². The molecule has 3 N–H and O–H groups in total. The standard InChI is InChI=1S/C16H24FN3O5S/c1-11(2)15(16(21)18-22)19-26(23,24)20-9-7-14(8-10-20)25-13-5-3-12(17)4-6-13/h3-6,11,14-15,19,22H,7-10H2,1-2H3,(H,18,21)/t15-/m1/s1. The van der Waals surface area contributed by atoms with Gasteiger partial charge in [-0.05, 0) is 43.0 Å². The van der Waals surface area contributed by atoms with Crippen LogP contribution in [-0.2, 0) is 15.0 Å². The maximum atomic E-state index is 12.9. The van der Waals surface area contributed by atoms with Gasteiger partial charge < -0.3 is 4.74 Å². The molecule has 2 rings (SSSR count). The minimum Gasteiger partial charge on any atom is -0.490 e. The molecule has 1 atom stereocenters. The Bertz CT molecular complexity index is 703. The Morgan fingerprint density at radius 1 is 1.27 bits per heavy atom. The van der Waals surface area contributed by atoms with E-state index in [1.165, 1.54) is 34.1 Å². The van der Waals surface area contributed by atoms with Crippen molar-refractivity contribution >= 4 is 16.1 Å². The highest BCUT2D eigenvalue weighted by Crippen LogP contribution is 2.21. The summed E-state index contributed by atoms with van der Waals surface area (Å²) >= 11 is 0. The van der Waals surface area contributed by atoms with Crippen LogP contribution >= 0.6 is 0 Å². The molecule has 0 unspecified atom stereocenters. The molecule has 1 aliphatic rings. The molecule has 1 aromatic carbocycles. The molecule has 1 aliphatic heterocycles. The molecule has 0 aromatic heterocycles. The molecule has 0 saturated carbocycles. The van der Waals surface area contributed by atoms with E-state index >= 15 is 0 Å². The summed E-state index contributed by atoms with van der Waals surface area (Å²) in [5, 5.41) is 8.77. The minimum atomic E-state index is -3.88. The van der Waals surface area contributed by atoms with Crippen molar-refractivity contribution in [3.8, 4) is 5.75 Å². The lowest BCUT2D eigenvalue weighted by molar-refractivity contribution is -0.131. The number of hydrogen-bond acceptors (Lipinski definition) is 5. The molecule has 0 bridgehead atoms. The van der Waals surface area contributed by atoms with Crippen molar-refractivity contribution in [3.63, 3.8) is 0 Å². The molecular weight excluding hydrogens is 365 g/mol. The normalized spacial score (nSPS) is 17.9. The summed E-state index contributed by atoms with van der Waals surface area (Å²) in [6.07, 6.45) is 0.766. The SMILES string of the molecule is CC(C)[C@@H](NS(=O)(=O)N1CCC(Oc2ccc(F)cc2)CC1)C(=O)NO. The zero-order chi connectivity index (χ0) is 19.3. The predicted molar refractivity (Wildman–Crippen MR) is 92.2 cm³/mol. The smallest absolute Gasteiger partial charge is 0.280 e. The van der Waals surface area contributed by atoms with Gasteiger partial charge in [-0.15, -0.1) is 0 Å². The van der Waals surface area contributed by atoms with Gasteiger partial charge in [0.05, 0.1) is 0 Å². The Kier molecular flexibility index (Phi) is 6.93. The molecule has 0 radical (unpaired) electrons. The van der Waals surface area contributed by atoms with E-state index < -0.39 is 22.2 Å². The number of carbonyl (C=O) groups is 1. The average molecular weight is 389 g/mol. The van der Waals surface area contributed by atoms with Crippen LogP contribution in [0.5, 0.6) is 5.75 Å². The van der Waals surface area contributed by atoms with Crippen molar-refractivity contribution in [1.82, 2.24) is 14.5 Å². The zero-order valence-electron chi connectivity index (χ0n) is 14.7. The van der Waals surface area contributed by atoms with E-state index in [-0.39, 0.29) is 30.9 Å². The largest absolute Gasteiger partial charge is 0.490 e. The van der Waals surface area contributed by atoms with E-state index in [0.29, 0.717) is 18.6 Å². The predicted octanol–water partition coefficient (Wildman–Crippen LogP) is 1.03. The van der Waals surface area contributed by atoms with Gasteiger partial charge in [0.15, 0.2) is 0 Å². The highest BCUT2D eigenvalue weighted by atomic mass is 32.2. The molecule has 0 aliphatic carbocycles. The fourth-order valence-electron chi connectivity index (χ4n) is 2.69. The van der Waals surface area contributed by atoms with Crippen molar-refractivity contribution in [2.24, 2.45) is 5.92 Å². The quantitative estimate of drug-likeness (QED) is 0.477. The van der Waals surface area contributed by atoms with E-state index in [9.17, 15) is 17.6 Å². The third kappa shape index (κ3) is 5.37. The lowest BCUT2D eigenvalue weighted by atomic mass is 10.1. The highest BCUT2D eigenvalue weighted by Gasteiger charge is 2.33. The molecule has 1 fully saturated rings. The van der Waals surface area contributed by atoms with Gasteiger partial charge in [-0.2, -0.15) is 17.4 Å². The Morgan fingerprint density at radius 3 is 2.35 bits per heavy atom. The molecule has 1 amide bonds. The number of nitrogens with one attached hydrogen (secondary N) is 2. The number of rotatable bonds is 7. The number of halogens is 1. The highest BCUT2D eigenvalue weighted by molar-refractivity contribution is 7.87. The third-order valence-corrected chi connectivity index (χ3v) is 5.79. The lowest BCUT2D eigenvalue weighted by Crippen LogP contribution is -2.55. The lowest BCUT2D eigenvalue weighted by Gasteiger charge is -2.32. The first kappa shape index (κ1) is 20.6. The second-order valence-corrected chi connectivity index (χ2v) is 8.19. The van der Waals surface area contributed by atoms with Gasteiger partial charge in [-0.3, -0.25) is 10.0 Å². The number of piperidine rings is 1. The van der Waals surface area contributed by atoms with Gasteiger partial charge in [-0.1, -0.05) is 13.8 Å². The van der Waals surface area contributed by atoms with E-state index in [0.717, 1.165) is 0 Å². The summed E-state index contributed by atoms with van der Waals surface area (Å²) in [7, 11) is -3.88. The van der Waals surface area contributed by atoms with Crippen LogP contribution in [-0.4, -0.2) is 49.1 Å². The van der Waals surface area contributed by atoms with Crippen LogP contribution in [0.1, 0.15) is 26.7 Å². The molecule has 0 spiro atoms. The zero-order valence-corrected chi connectivity index (χ0v) is 15.5. The Labute approximate surface area is 152 Å². The molecule has 1 heterocycles.